The second-order valence-electron chi connectivity index (χ2n) is 5.95. The van der Waals surface area contributed by atoms with Crippen molar-refractivity contribution >= 4 is 28.0 Å². The van der Waals surface area contributed by atoms with Crippen LogP contribution >= 0.6 is 11.0 Å². The van der Waals surface area contributed by atoms with Gasteiger partial charge in [0.25, 0.3) is 0 Å². The quantitative estimate of drug-likeness (QED) is 0.610. The highest BCUT2D eigenvalue weighted by Crippen LogP contribution is 2.64. The maximum atomic E-state index is 14.3. The molecule has 6 nitrogen and oxygen atoms in total. The number of nitrogens with one attached hydrogen (secondary N) is 1. The Morgan fingerprint density at radius 3 is 2.27 bits per heavy atom. The lowest BCUT2D eigenvalue weighted by atomic mass is 10.2. The average Bonchev–Trinajstić information content (AvgIpc) is 2.80. The second kappa shape index (κ2) is 7.37. The molecule has 9 heteroatoms. The van der Waals surface area contributed by atoms with Crippen LogP contribution in [0.15, 0.2) is 42.5 Å². The van der Waals surface area contributed by atoms with Gasteiger partial charge in [-0.3, -0.25) is 13.4 Å². The molecule has 1 unspecified atom stereocenters. The Bertz CT molecular complexity index is 773. The summed E-state index contributed by atoms with van der Waals surface area (Å²) in [5, 5.41) is 12.8. The van der Waals surface area contributed by atoms with Crippen molar-refractivity contribution < 1.29 is 23.0 Å². The Balaban J connectivity index is 2.02. The number of aliphatic hydroxyl groups is 1. The second-order valence-corrected chi connectivity index (χ2v) is 7.73. The van der Waals surface area contributed by atoms with Crippen LogP contribution in [0.3, 0.4) is 0 Å². The maximum Gasteiger partial charge on any atom is 0.151 e. The summed E-state index contributed by atoms with van der Waals surface area (Å²) in [6, 6.07) is 9.91. The van der Waals surface area contributed by atoms with Crippen LogP contribution in [-0.2, 0) is 0 Å². The fourth-order valence-electron chi connectivity index (χ4n) is 2.98. The van der Waals surface area contributed by atoms with E-state index in [1.807, 2.05) is 0 Å². The van der Waals surface area contributed by atoms with Gasteiger partial charge < -0.3 is 10.4 Å². The molecule has 1 atom stereocenters. The molecule has 0 spiro atoms. The minimum Gasteiger partial charge on any atom is -0.392 e. The van der Waals surface area contributed by atoms with Crippen LogP contribution in [0.4, 0.5) is 25.8 Å². The van der Waals surface area contributed by atoms with Crippen LogP contribution in [0.2, 0.25) is 0 Å². The van der Waals surface area contributed by atoms with E-state index < -0.39 is 34.4 Å². The predicted molar refractivity (Wildman–Crippen MR) is 99.7 cm³/mol. The van der Waals surface area contributed by atoms with Gasteiger partial charge in [0.05, 0.1) is 17.5 Å². The predicted octanol–water partition coefficient (Wildman–Crippen LogP) is 3.47. The molecule has 0 bridgehead atoms. The van der Waals surface area contributed by atoms with Crippen molar-refractivity contribution in [3.05, 3.63) is 54.1 Å². The molecular formula is C17H21F2N3O3S. The maximum absolute atomic E-state index is 14.3. The molecule has 0 amide bonds. The fourth-order valence-corrected chi connectivity index (χ4v) is 4.79. The molecule has 0 saturated carbocycles. The fraction of sp³-hybridized carbons (Fsp3) is 0.294. The molecule has 142 valence electrons. The number of aliphatic hydroxyl groups excluding tert-OH is 1. The number of nitrogens with zero attached hydrogens (tertiary/aromatic N) is 2. The number of para-hydroxylation sites is 3. The van der Waals surface area contributed by atoms with E-state index in [9.17, 15) is 23.0 Å². The van der Waals surface area contributed by atoms with Crippen molar-refractivity contribution in [3.63, 3.8) is 0 Å². The Hall–Kier alpha value is -1.91. The highest BCUT2D eigenvalue weighted by atomic mass is 32.3. The van der Waals surface area contributed by atoms with Crippen LogP contribution < -0.4 is 13.9 Å². The highest BCUT2D eigenvalue weighted by Gasteiger charge is 2.43. The van der Waals surface area contributed by atoms with Crippen molar-refractivity contribution in [3.8, 4) is 0 Å². The summed E-state index contributed by atoms with van der Waals surface area (Å²) >= 11 is 0. The normalized spacial score (nSPS) is 17.9. The molecule has 1 aliphatic heterocycles. The molecular weight excluding hydrogens is 364 g/mol. The zero-order chi connectivity index (χ0) is 18.9. The standard InChI is InChI=1S/C17H21F2N3O3S/c1-20-11-12(23)9-10-21-15-7-2-3-8-16(15)22(26(21,24)25)17-13(18)5-4-6-14(17)19/h2-8,12,20,23-25H,9-11H2,1H3. The lowest BCUT2D eigenvalue weighted by Gasteiger charge is -2.44. The Kier molecular flexibility index (Phi) is 5.35. The third-order valence-corrected chi connectivity index (χ3v) is 6.00. The van der Waals surface area contributed by atoms with Gasteiger partial charge in [0.2, 0.25) is 0 Å². The number of benzene rings is 2. The van der Waals surface area contributed by atoms with Crippen molar-refractivity contribution in [2.24, 2.45) is 0 Å². The lowest BCUT2D eigenvalue weighted by molar-refractivity contribution is 0.167. The first-order valence-corrected chi connectivity index (χ1v) is 9.56. The molecule has 2 aromatic carbocycles. The number of hydrogen-bond donors (Lipinski definition) is 4. The molecule has 0 radical (unpaired) electrons. The molecule has 3 rings (SSSR count). The Morgan fingerprint density at radius 1 is 1.04 bits per heavy atom. The summed E-state index contributed by atoms with van der Waals surface area (Å²) in [6.45, 7) is 0.453. The van der Waals surface area contributed by atoms with E-state index in [0.717, 1.165) is 16.4 Å². The first kappa shape index (κ1) is 18.9. The van der Waals surface area contributed by atoms with E-state index in [2.05, 4.69) is 5.32 Å². The number of halogens is 2. The van der Waals surface area contributed by atoms with Crippen LogP contribution in [0.25, 0.3) is 0 Å². The van der Waals surface area contributed by atoms with Gasteiger partial charge in [0, 0.05) is 13.1 Å². The van der Waals surface area contributed by atoms with Crippen LogP contribution in [0, 0.1) is 11.6 Å². The van der Waals surface area contributed by atoms with Gasteiger partial charge in [-0.15, -0.1) is 0 Å². The number of rotatable bonds is 6. The van der Waals surface area contributed by atoms with E-state index in [1.54, 1.807) is 31.3 Å². The molecule has 0 aliphatic carbocycles. The minimum atomic E-state index is -3.74. The Labute approximate surface area is 152 Å². The topological polar surface area (TPSA) is 79.2 Å². The number of hydrogen-bond acceptors (Lipinski definition) is 6. The molecule has 4 N–H and O–H groups in total. The molecule has 1 aliphatic rings. The summed E-state index contributed by atoms with van der Waals surface area (Å²) in [5.41, 5.74) is 0.213. The van der Waals surface area contributed by atoms with Crippen molar-refractivity contribution in [1.29, 1.82) is 0 Å². The third kappa shape index (κ3) is 3.24. The SMILES string of the molecule is CNCC(O)CCN1c2ccccc2N(c2c(F)cccc2F)S1(O)O. The molecule has 2 aromatic rings. The Morgan fingerprint density at radius 2 is 1.65 bits per heavy atom. The first-order chi connectivity index (χ1) is 12.4. The molecule has 26 heavy (non-hydrogen) atoms. The third-order valence-electron chi connectivity index (χ3n) is 4.16. The van der Waals surface area contributed by atoms with Crippen LogP contribution in [0.1, 0.15) is 6.42 Å². The van der Waals surface area contributed by atoms with Gasteiger partial charge in [0.15, 0.2) is 11.6 Å². The van der Waals surface area contributed by atoms with Crippen LogP contribution in [-0.4, -0.2) is 40.5 Å². The largest absolute Gasteiger partial charge is 0.392 e. The van der Waals surface area contributed by atoms with Gasteiger partial charge in [0.1, 0.15) is 5.69 Å². The van der Waals surface area contributed by atoms with Gasteiger partial charge in [-0.2, -0.15) is 0 Å². The number of likely N-dealkylation sites (N-methyl/N-ethyl adjacent to an activating group) is 1. The summed E-state index contributed by atoms with van der Waals surface area (Å²) in [4.78, 5) is 0. The van der Waals surface area contributed by atoms with Gasteiger partial charge in [-0.1, -0.05) is 18.2 Å². The van der Waals surface area contributed by atoms with E-state index in [-0.39, 0.29) is 13.0 Å². The van der Waals surface area contributed by atoms with Gasteiger partial charge in [-0.05, 0) is 48.7 Å². The summed E-state index contributed by atoms with van der Waals surface area (Å²) in [7, 11) is -2.04. The number of anilines is 3. The van der Waals surface area contributed by atoms with Gasteiger partial charge in [-0.25, -0.2) is 13.1 Å². The summed E-state index contributed by atoms with van der Waals surface area (Å²) in [5.74, 6) is -1.78. The van der Waals surface area contributed by atoms with Gasteiger partial charge >= 0.3 is 0 Å². The van der Waals surface area contributed by atoms with E-state index >= 15 is 0 Å². The molecule has 0 saturated heterocycles. The number of fused-ring (bicyclic) bond motifs is 1. The van der Waals surface area contributed by atoms with Crippen LogP contribution in [0.5, 0.6) is 0 Å². The highest BCUT2D eigenvalue weighted by molar-refractivity contribution is 8.27. The summed E-state index contributed by atoms with van der Waals surface area (Å²) in [6.07, 6.45) is -0.444. The smallest absolute Gasteiger partial charge is 0.151 e. The summed E-state index contributed by atoms with van der Waals surface area (Å²) < 4.78 is 52.5. The zero-order valence-electron chi connectivity index (χ0n) is 14.1. The van der Waals surface area contributed by atoms with E-state index in [1.165, 1.54) is 10.4 Å². The molecule has 0 fully saturated rings. The van der Waals surface area contributed by atoms with Crippen molar-refractivity contribution in [1.82, 2.24) is 5.32 Å². The average molecular weight is 385 g/mol. The zero-order valence-corrected chi connectivity index (χ0v) is 15.0. The van der Waals surface area contributed by atoms with E-state index in [0.29, 0.717) is 17.9 Å². The van der Waals surface area contributed by atoms with Crippen molar-refractivity contribution in [2.45, 2.75) is 12.5 Å². The van der Waals surface area contributed by atoms with E-state index in [4.69, 9.17) is 0 Å². The monoisotopic (exact) mass is 385 g/mol. The first-order valence-electron chi connectivity index (χ1n) is 8.09. The van der Waals surface area contributed by atoms with Crippen molar-refractivity contribution in [2.75, 3.05) is 28.7 Å². The lowest BCUT2D eigenvalue weighted by Crippen LogP contribution is -2.35. The minimum absolute atomic E-state index is 0.106. The molecule has 1 heterocycles. The molecule has 0 aromatic heterocycles.